The maximum absolute atomic E-state index is 12.4. The quantitative estimate of drug-likeness (QED) is 0.689. The van der Waals surface area contributed by atoms with Gasteiger partial charge in [0.05, 0.1) is 16.0 Å². The van der Waals surface area contributed by atoms with Crippen LogP contribution in [0.5, 0.6) is 5.75 Å². The summed E-state index contributed by atoms with van der Waals surface area (Å²) in [4.78, 5) is 45.6. The number of aromatic carboxylic acids is 2. The van der Waals surface area contributed by atoms with Crippen LogP contribution in [0.2, 0.25) is 0 Å². The fourth-order valence-corrected chi connectivity index (χ4v) is 3.06. The van der Waals surface area contributed by atoms with Crippen LogP contribution < -0.4 is 4.18 Å². The van der Waals surface area contributed by atoms with E-state index in [-0.39, 0.29) is 32.9 Å². The summed E-state index contributed by atoms with van der Waals surface area (Å²) in [6.07, 6.45) is 0. The van der Waals surface area contributed by atoms with Crippen LogP contribution in [0.4, 0.5) is 0 Å². The Morgan fingerprint density at radius 1 is 0.778 bits per heavy atom. The van der Waals surface area contributed by atoms with Crippen molar-refractivity contribution in [2.75, 3.05) is 0 Å². The third kappa shape index (κ3) is 4.45. The van der Waals surface area contributed by atoms with Crippen molar-refractivity contribution >= 4 is 34.6 Å². The predicted octanol–water partition coefficient (Wildman–Crippen LogP) is 2.59. The summed E-state index contributed by atoms with van der Waals surface area (Å²) in [5, 5.41) is 18.2. The Labute approximate surface area is 156 Å². The van der Waals surface area contributed by atoms with E-state index in [9.17, 15) is 23.4 Å². The van der Waals surface area contributed by atoms with E-state index in [0.29, 0.717) is 0 Å². The van der Waals surface area contributed by atoms with Gasteiger partial charge in [0.25, 0.3) is 0 Å². The Morgan fingerprint density at radius 3 is 1.74 bits per heavy atom. The van der Waals surface area contributed by atoms with Gasteiger partial charge in [-0.2, -0.15) is 0 Å². The maximum Gasteiger partial charge on any atom is 0.336 e. The monoisotopic (exact) mass is 390 g/mol. The Balaban J connectivity index is 2.38. The topological polar surface area (TPSA) is 135 Å². The second-order valence-corrected chi connectivity index (χ2v) is 6.56. The Hall–Kier alpha value is -3.33. The minimum absolute atomic E-state index is 0.0183. The number of carboxylic acid groups (broad SMARTS) is 2. The number of hydrogen-bond donors (Lipinski definition) is 2. The van der Waals surface area contributed by atoms with E-state index >= 15 is 0 Å². The minimum Gasteiger partial charge on any atom is -0.478 e. The average molecular weight is 390 g/mol. The van der Waals surface area contributed by atoms with Crippen LogP contribution in [-0.2, 0) is 11.1 Å². The number of carbonyl (C=O) groups is 4. The number of carboxylic acids is 2. The average Bonchev–Trinajstić information content (AvgIpc) is 2.60. The van der Waals surface area contributed by atoms with Crippen LogP contribution in [0.15, 0.2) is 41.3 Å². The molecule has 0 aliphatic rings. The van der Waals surface area contributed by atoms with Gasteiger partial charge in [0.1, 0.15) is 5.75 Å². The Morgan fingerprint density at radius 2 is 1.26 bits per heavy atom. The van der Waals surface area contributed by atoms with Crippen LogP contribution >= 0.6 is 0 Å². The van der Waals surface area contributed by atoms with E-state index in [1.54, 1.807) is 0 Å². The van der Waals surface area contributed by atoms with Gasteiger partial charge in [0.2, 0.25) is 11.1 Å². The molecule has 0 amide bonds. The molecule has 2 rings (SSSR count). The molecule has 9 heteroatoms. The SMILES string of the molecule is CC(=O)c1cc(OS(=O)c2ccc(C(=O)O)c(C(C)=O)c2)ccc1C(=O)O. The molecule has 2 aromatic carbocycles. The summed E-state index contributed by atoms with van der Waals surface area (Å²) in [6.45, 7) is 2.37. The molecule has 0 fully saturated rings. The first-order chi connectivity index (χ1) is 12.6. The number of hydrogen-bond acceptors (Lipinski definition) is 6. The van der Waals surface area contributed by atoms with Gasteiger partial charge in [-0.25, -0.2) is 13.8 Å². The molecule has 0 radical (unpaired) electrons. The lowest BCUT2D eigenvalue weighted by molar-refractivity contribution is 0.0683. The van der Waals surface area contributed by atoms with Gasteiger partial charge in [-0.15, -0.1) is 0 Å². The number of Topliss-reactive ketones (excluding diaryl/α,β-unsaturated/α-hetero) is 2. The zero-order chi connectivity index (χ0) is 20.3. The van der Waals surface area contributed by atoms with Crippen LogP contribution in [-0.4, -0.2) is 37.9 Å². The molecule has 1 unspecified atom stereocenters. The second kappa shape index (κ2) is 7.92. The summed E-state index contributed by atoms with van der Waals surface area (Å²) in [6, 6.07) is 7.08. The first kappa shape index (κ1) is 20.0. The van der Waals surface area contributed by atoms with Gasteiger partial charge >= 0.3 is 11.9 Å². The van der Waals surface area contributed by atoms with E-state index in [1.807, 2.05) is 0 Å². The van der Waals surface area contributed by atoms with Crippen molar-refractivity contribution in [3.05, 3.63) is 58.7 Å². The van der Waals surface area contributed by atoms with E-state index < -0.39 is 34.6 Å². The largest absolute Gasteiger partial charge is 0.478 e. The van der Waals surface area contributed by atoms with Gasteiger partial charge in [-0.05, 0) is 50.2 Å². The molecular formula is C18H14O8S. The zero-order valence-electron chi connectivity index (χ0n) is 14.2. The molecule has 0 saturated heterocycles. The summed E-state index contributed by atoms with van der Waals surface area (Å²) in [7, 11) is 0. The number of carbonyl (C=O) groups excluding carboxylic acids is 2. The van der Waals surface area contributed by atoms with E-state index in [0.717, 1.165) is 24.3 Å². The highest BCUT2D eigenvalue weighted by Gasteiger charge is 2.19. The van der Waals surface area contributed by atoms with Crippen molar-refractivity contribution in [2.45, 2.75) is 18.7 Å². The van der Waals surface area contributed by atoms with Gasteiger partial charge in [0, 0.05) is 11.1 Å². The zero-order valence-corrected chi connectivity index (χ0v) is 15.0. The summed E-state index contributed by atoms with van der Waals surface area (Å²) in [5.41, 5.74) is -0.677. The molecule has 0 bridgehead atoms. The first-order valence-electron chi connectivity index (χ1n) is 7.48. The Bertz CT molecular complexity index is 993. The lowest BCUT2D eigenvalue weighted by Gasteiger charge is -2.09. The summed E-state index contributed by atoms with van der Waals surface area (Å²) >= 11 is -2.13. The normalized spacial score (nSPS) is 11.5. The lowest BCUT2D eigenvalue weighted by Crippen LogP contribution is -2.10. The van der Waals surface area contributed by atoms with Crippen molar-refractivity contribution in [3.8, 4) is 5.75 Å². The van der Waals surface area contributed by atoms with Gasteiger partial charge < -0.3 is 14.4 Å². The van der Waals surface area contributed by atoms with Crippen LogP contribution in [0, 0.1) is 0 Å². The third-order valence-corrected chi connectivity index (χ3v) is 4.55. The third-order valence-electron chi connectivity index (χ3n) is 3.57. The fraction of sp³-hybridized carbons (Fsp3) is 0.111. The number of rotatable bonds is 7. The standard InChI is InChI=1S/C18H14O8S/c1-9(19)15-7-11(3-5-13(15)17(21)22)26-27(25)12-4-6-14(18(23)24)16(8-12)10(2)20/h3-8H,1-2H3,(H,21,22)(H,23,24). The van der Waals surface area contributed by atoms with Crippen LogP contribution in [0.3, 0.4) is 0 Å². The summed E-state index contributed by atoms with van der Waals surface area (Å²) < 4.78 is 17.6. The van der Waals surface area contributed by atoms with E-state index in [4.69, 9.17) is 14.4 Å². The highest BCUT2D eigenvalue weighted by Crippen LogP contribution is 2.23. The van der Waals surface area contributed by atoms with E-state index in [2.05, 4.69) is 0 Å². The van der Waals surface area contributed by atoms with Crippen molar-refractivity contribution in [2.24, 2.45) is 0 Å². The molecule has 0 saturated carbocycles. The van der Waals surface area contributed by atoms with Crippen molar-refractivity contribution < 1.29 is 37.8 Å². The molecule has 2 aromatic rings. The lowest BCUT2D eigenvalue weighted by atomic mass is 10.0. The fourth-order valence-electron chi connectivity index (χ4n) is 2.29. The molecule has 140 valence electrons. The molecule has 2 N–H and O–H groups in total. The molecule has 0 spiro atoms. The molecule has 1 atom stereocenters. The predicted molar refractivity (Wildman–Crippen MR) is 93.8 cm³/mol. The maximum atomic E-state index is 12.4. The highest BCUT2D eigenvalue weighted by atomic mass is 32.2. The molecule has 0 aliphatic heterocycles. The summed E-state index contributed by atoms with van der Waals surface area (Å²) in [5.74, 6) is -3.63. The van der Waals surface area contributed by atoms with Crippen LogP contribution in [0.25, 0.3) is 0 Å². The smallest absolute Gasteiger partial charge is 0.336 e. The van der Waals surface area contributed by atoms with Crippen molar-refractivity contribution in [1.29, 1.82) is 0 Å². The first-order valence-corrected chi connectivity index (χ1v) is 8.56. The van der Waals surface area contributed by atoms with Crippen molar-refractivity contribution in [3.63, 3.8) is 0 Å². The van der Waals surface area contributed by atoms with Gasteiger partial charge in [0.15, 0.2) is 11.6 Å². The minimum atomic E-state index is -2.13. The van der Waals surface area contributed by atoms with Gasteiger partial charge in [-0.1, -0.05) is 0 Å². The van der Waals surface area contributed by atoms with E-state index in [1.165, 1.54) is 26.0 Å². The molecule has 8 nitrogen and oxygen atoms in total. The molecule has 0 heterocycles. The molecular weight excluding hydrogens is 376 g/mol. The van der Waals surface area contributed by atoms with Crippen LogP contribution in [0.1, 0.15) is 55.3 Å². The molecule has 0 aromatic heterocycles. The molecule has 0 aliphatic carbocycles. The molecule has 27 heavy (non-hydrogen) atoms. The Kier molecular flexibility index (Phi) is 5.86. The number of benzene rings is 2. The second-order valence-electron chi connectivity index (χ2n) is 5.46. The van der Waals surface area contributed by atoms with Gasteiger partial charge in [-0.3, -0.25) is 9.59 Å². The number of ketones is 2. The highest BCUT2D eigenvalue weighted by molar-refractivity contribution is 7.80. The van der Waals surface area contributed by atoms with Crippen molar-refractivity contribution in [1.82, 2.24) is 0 Å².